The van der Waals surface area contributed by atoms with E-state index >= 15 is 0 Å². The van der Waals surface area contributed by atoms with Crippen LogP contribution in [0.2, 0.25) is 0 Å². The van der Waals surface area contributed by atoms with Crippen molar-refractivity contribution in [2.75, 3.05) is 0 Å². The van der Waals surface area contributed by atoms with Crippen LogP contribution in [0.4, 0.5) is 0 Å². The number of nitrogens with zero attached hydrogens (tertiary/aromatic N) is 3. The topological polar surface area (TPSA) is 82.8 Å². The van der Waals surface area contributed by atoms with Gasteiger partial charge in [-0.25, -0.2) is 9.67 Å². The van der Waals surface area contributed by atoms with Gasteiger partial charge in [0.05, 0.1) is 6.20 Å². The van der Waals surface area contributed by atoms with Crippen LogP contribution in [0.15, 0.2) is 30.7 Å². The van der Waals surface area contributed by atoms with E-state index in [9.17, 15) is 0 Å². The van der Waals surface area contributed by atoms with Gasteiger partial charge in [-0.05, 0) is 6.07 Å². The van der Waals surface area contributed by atoms with Crippen molar-refractivity contribution in [1.82, 2.24) is 14.8 Å². The number of nitrogens with two attached hydrogens (primary N) is 2. The Morgan fingerprint density at radius 1 is 1.27 bits per heavy atom. The first-order valence-electron chi connectivity index (χ1n) is 4.73. The number of hydrogen-bond donors (Lipinski definition) is 2. The van der Waals surface area contributed by atoms with Gasteiger partial charge in [0, 0.05) is 36.6 Å². The van der Waals surface area contributed by atoms with Gasteiger partial charge in [-0.15, -0.1) is 0 Å². The number of pyridine rings is 1. The summed E-state index contributed by atoms with van der Waals surface area (Å²) in [4.78, 5) is 4.25. The van der Waals surface area contributed by atoms with Crippen LogP contribution < -0.4 is 11.5 Å². The van der Waals surface area contributed by atoms with Crippen molar-refractivity contribution in [1.29, 1.82) is 0 Å². The lowest BCUT2D eigenvalue weighted by Gasteiger charge is -2.05. The molecule has 4 N–H and O–H groups in total. The van der Waals surface area contributed by atoms with Crippen molar-refractivity contribution in [2.45, 2.75) is 13.1 Å². The third kappa shape index (κ3) is 1.88. The SMILES string of the molecule is NCc1cnn(-c2ncccc2CN)c1. The standard InChI is InChI=1S/C10H13N5/c11-4-8-6-14-15(7-8)10-9(5-12)2-1-3-13-10/h1-3,6-7H,4-5,11-12H2. The maximum atomic E-state index is 5.62. The Labute approximate surface area is 87.7 Å². The highest BCUT2D eigenvalue weighted by molar-refractivity contribution is 5.33. The Hall–Kier alpha value is -1.72. The van der Waals surface area contributed by atoms with E-state index < -0.39 is 0 Å². The molecule has 0 bridgehead atoms. The van der Waals surface area contributed by atoms with Crippen LogP contribution in [0.3, 0.4) is 0 Å². The molecule has 0 unspecified atom stereocenters. The lowest BCUT2D eigenvalue weighted by molar-refractivity contribution is 0.823. The van der Waals surface area contributed by atoms with E-state index in [1.807, 2.05) is 18.3 Å². The van der Waals surface area contributed by atoms with Gasteiger partial charge in [-0.3, -0.25) is 0 Å². The Bertz CT molecular complexity index is 449. The van der Waals surface area contributed by atoms with Gasteiger partial charge in [0.15, 0.2) is 5.82 Å². The smallest absolute Gasteiger partial charge is 0.157 e. The van der Waals surface area contributed by atoms with Gasteiger partial charge in [-0.1, -0.05) is 6.07 Å². The third-order valence-corrected chi connectivity index (χ3v) is 2.18. The predicted octanol–water partition coefficient (Wildman–Crippen LogP) is 0.185. The van der Waals surface area contributed by atoms with Crippen LogP contribution in [-0.4, -0.2) is 14.8 Å². The molecule has 0 aliphatic heterocycles. The minimum atomic E-state index is 0.445. The van der Waals surface area contributed by atoms with E-state index in [1.54, 1.807) is 17.1 Å². The summed E-state index contributed by atoms with van der Waals surface area (Å²) in [7, 11) is 0. The summed E-state index contributed by atoms with van der Waals surface area (Å²) >= 11 is 0. The average Bonchev–Trinajstić information content (AvgIpc) is 2.77. The minimum absolute atomic E-state index is 0.445. The van der Waals surface area contributed by atoms with Crippen molar-refractivity contribution in [3.8, 4) is 5.82 Å². The highest BCUT2D eigenvalue weighted by Gasteiger charge is 2.05. The molecule has 15 heavy (non-hydrogen) atoms. The maximum absolute atomic E-state index is 5.62. The van der Waals surface area contributed by atoms with Gasteiger partial charge in [0.25, 0.3) is 0 Å². The molecule has 0 fully saturated rings. The molecular weight excluding hydrogens is 190 g/mol. The van der Waals surface area contributed by atoms with Crippen LogP contribution >= 0.6 is 0 Å². The first-order valence-corrected chi connectivity index (χ1v) is 4.73. The Morgan fingerprint density at radius 2 is 2.13 bits per heavy atom. The summed E-state index contributed by atoms with van der Waals surface area (Å²) in [5, 5.41) is 4.18. The second kappa shape index (κ2) is 4.20. The summed E-state index contributed by atoms with van der Waals surface area (Å²) in [6.45, 7) is 0.922. The summed E-state index contributed by atoms with van der Waals surface area (Å²) in [6, 6.07) is 3.80. The zero-order valence-electron chi connectivity index (χ0n) is 8.30. The van der Waals surface area contributed by atoms with E-state index in [0.717, 1.165) is 16.9 Å². The number of aromatic nitrogens is 3. The molecule has 0 saturated heterocycles. The molecule has 0 aliphatic rings. The zero-order chi connectivity index (χ0) is 10.7. The summed E-state index contributed by atoms with van der Waals surface area (Å²) in [5.41, 5.74) is 13.1. The third-order valence-electron chi connectivity index (χ3n) is 2.18. The molecule has 0 aliphatic carbocycles. The first kappa shape index (κ1) is 9.82. The monoisotopic (exact) mass is 203 g/mol. The number of hydrogen-bond acceptors (Lipinski definition) is 4. The van der Waals surface area contributed by atoms with Gasteiger partial charge < -0.3 is 11.5 Å². The van der Waals surface area contributed by atoms with Gasteiger partial charge >= 0.3 is 0 Å². The van der Waals surface area contributed by atoms with Gasteiger partial charge in [-0.2, -0.15) is 5.10 Å². The van der Waals surface area contributed by atoms with Crippen LogP contribution in [0.25, 0.3) is 5.82 Å². The zero-order valence-corrected chi connectivity index (χ0v) is 8.30. The van der Waals surface area contributed by atoms with Crippen LogP contribution in [0, 0.1) is 0 Å². The average molecular weight is 203 g/mol. The summed E-state index contributed by atoms with van der Waals surface area (Å²) in [5.74, 6) is 0.764. The largest absolute Gasteiger partial charge is 0.326 e. The summed E-state index contributed by atoms with van der Waals surface area (Å²) in [6.07, 6.45) is 5.31. The molecule has 2 aromatic heterocycles. The highest BCUT2D eigenvalue weighted by Crippen LogP contribution is 2.10. The van der Waals surface area contributed by atoms with E-state index in [2.05, 4.69) is 10.1 Å². The van der Waals surface area contributed by atoms with Gasteiger partial charge in [0.1, 0.15) is 0 Å². The molecule has 0 spiro atoms. The lowest BCUT2D eigenvalue weighted by atomic mass is 10.2. The molecule has 2 heterocycles. The van der Waals surface area contributed by atoms with E-state index in [1.165, 1.54) is 0 Å². The van der Waals surface area contributed by atoms with Crippen molar-refractivity contribution in [3.63, 3.8) is 0 Å². The number of rotatable bonds is 3. The van der Waals surface area contributed by atoms with E-state index in [-0.39, 0.29) is 0 Å². The molecule has 0 atom stereocenters. The Balaban J connectivity index is 2.44. The maximum Gasteiger partial charge on any atom is 0.157 e. The quantitative estimate of drug-likeness (QED) is 0.745. The van der Waals surface area contributed by atoms with Crippen molar-refractivity contribution < 1.29 is 0 Å². The normalized spacial score (nSPS) is 10.5. The molecule has 0 amide bonds. The molecule has 0 saturated carbocycles. The predicted molar refractivity (Wildman–Crippen MR) is 57.1 cm³/mol. The van der Waals surface area contributed by atoms with Gasteiger partial charge in [0.2, 0.25) is 0 Å². The molecule has 78 valence electrons. The molecule has 0 aromatic carbocycles. The second-order valence-electron chi connectivity index (χ2n) is 3.19. The molecular formula is C10H13N5. The summed E-state index contributed by atoms with van der Waals surface area (Å²) < 4.78 is 1.70. The Kier molecular flexibility index (Phi) is 2.75. The van der Waals surface area contributed by atoms with Crippen LogP contribution in [0.5, 0.6) is 0 Å². The fourth-order valence-electron chi connectivity index (χ4n) is 1.38. The lowest BCUT2D eigenvalue weighted by Crippen LogP contribution is -2.06. The second-order valence-corrected chi connectivity index (χ2v) is 3.19. The first-order chi connectivity index (χ1) is 7.35. The highest BCUT2D eigenvalue weighted by atomic mass is 15.3. The van der Waals surface area contributed by atoms with Crippen molar-refractivity contribution in [2.24, 2.45) is 11.5 Å². The van der Waals surface area contributed by atoms with E-state index in [4.69, 9.17) is 11.5 Å². The fourth-order valence-corrected chi connectivity index (χ4v) is 1.38. The fraction of sp³-hybridized carbons (Fsp3) is 0.200. The molecule has 5 nitrogen and oxygen atoms in total. The van der Waals surface area contributed by atoms with Crippen LogP contribution in [0.1, 0.15) is 11.1 Å². The molecule has 2 rings (SSSR count). The molecule has 5 heteroatoms. The Morgan fingerprint density at radius 3 is 2.80 bits per heavy atom. The van der Waals surface area contributed by atoms with Crippen molar-refractivity contribution in [3.05, 3.63) is 41.9 Å². The minimum Gasteiger partial charge on any atom is -0.326 e. The van der Waals surface area contributed by atoms with Crippen LogP contribution in [-0.2, 0) is 13.1 Å². The van der Waals surface area contributed by atoms with Crippen molar-refractivity contribution >= 4 is 0 Å². The van der Waals surface area contributed by atoms with E-state index in [0.29, 0.717) is 13.1 Å². The molecule has 2 aromatic rings. The molecule has 0 radical (unpaired) electrons.